The molecule has 168 valence electrons. The number of aromatic nitrogens is 2. The number of benzene rings is 2. The second-order valence-electron chi connectivity index (χ2n) is 8.35. The number of hydrogen-bond donors (Lipinski definition) is 1. The maximum Gasteiger partial charge on any atom is 0.227 e. The Hall–Kier alpha value is -3.35. The van der Waals surface area contributed by atoms with E-state index in [0.29, 0.717) is 31.1 Å². The first-order valence-electron chi connectivity index (χ1n) is 11.2. The van der Waals surface area contributed by atoms with E-state index in [-0.39, 0.29) is 5.91 Å². The standard InChI is InChI=1S/C25H30N4O3/c1-18-13-15-29(16-14-18)21-7-5-20(6-8-21)25-27-24(32-28-25)12-11-23(30)26-17-19-3-9-22(31-2)10-4-19/h3-10,18H,11-17H2,1-2H3,(H,26,30). The largest absolute Gasteiger partial charge is 0.497 e. The van der Waals surface area contributed by atoms with Gasteiger partial charge in [0.2, 0.25) is 17.6 Å². The van der Waals surface area contributed by atoms with Gasteiger partial charge in [-0.25, -0.2) is 0 Å². The van der Waals surface area contributed by atoms with Gasteiger partial charge in [0.05, 0.1) is 7.11 Å². The molecule has 1 saturated heterocycles. The highest BCUT2D eigenvalue weighted by Gasteiger charge is 2.16. The molecule has 2 heterocycles. The van der Waals surface area contributed by atoms with E-state index < -0.39 is 0 Å². The third-order valence-corrected chi connectivity index (χ3v) is 5.96. The molecule has 32 heavy (non-hydrogen) atoms. The summed E-state index contributed by atoms with van der Waals surface area (Å²) in [5.74, 6) is 2.57. The summed E-state index contributed by atoms with van der Waals surface area (Å²) in [6, 6.07) is 15.9. The molecule has 0 radical (unpaired) electrons. The summed E-state index contributed by atoms with van der Waals surface area (Å²) in [5, 5.41) is 6.99. The highest BCUT2D eigenvalue weighted by molar-refractivity contribution is 5.76. The van der Waals surface area contributed by atoms with E-state index in [4.69, 9.17) is 9.26 Å². The Balaban J connectivity index is 1.25. The first-order valence-corrected chi connectivity index (χ1v) is 11.2. The Bertz CT molecular complexity index is 1010. The molecule has 1 fully saturated rings. The van der Waals surface area contributed by atoms with Crippen LogP contribution in [-0.2, 0) is 17.8 Å². The summed E-state index contributed by atoms with van der Waals surface area (Å²) in [5.41, 5.74) is 3.16. The Morgan fingerprint density at radius 1 is 1.12 bits per heavy atom. The summed E-state index contributed by atoms with van der Waals surface area (Å²) >= 11 is 0. The number of aryl methyl sites for hydroxylation is 1. The van der Waals surface area contributed by atoms with Crippen LogP contribution in [0.3, 0.4) is 0 Å². The lowest BCUT2D eigenvalue weighted by Crippen LogP contribution is -2.32. The van der Waals surface area contributed by atoms with Crippen LogP contribution in [-0.4, -0.2) is 36.2 Å². The molecule has 1 aromatic heterocycles. The van der Waals surface area contributed by atoms with E-state index in [1.54, 1.807) is 7.11 Å². The normalized spacial score (nSPS) is 14.4. The van der Waals surface area contributed by atoms with Crippen molar-refractivity contribution in [2.45, 2.75) is 39.2 Å². The quantitative estimate of drug-likeness (QED) is 0.571. The molecule has 1 amide bonds. The molecular formula is C25H30N4O3. The molecule has 0 atom stereocenters. The van der Waals surface area contributed by atoms with Gasteiger partial charge < -0.3 is 19.5 Å². The van der Waals surface area contributed by atoms with Crippen molar-refractivity contribution in [2.24, 2.45) is 5.92 Å². The van der Waals surface area contributed by atoms with Crippen LogP contribution in [0.15, 0.2) is 53.1 Å². The molecule has 0 saturated carbocycles. The molecule has 1 aliphatic heterocycles. The zero-order valence-electron chi connectivity index (χ0n) is 18.7. The predicted octanol–water partition coefficient (Wildman–Crippen LogP) is 4.23. The fraction of sp³-hybridized carbons (Fsp3) is 0.400. The summed E-state index contributed by atoms with van der Waals surface area (Å²) in [4.78, 5) is 19.1. The zero-order valence-corrected chi connectivity index (χ0v) is 18.7. The number of anilines is 1. The van der Waals surface area contributed by atoms with Gasteiger partial charge in [0.15, 0.2) is 0 Å². The fourth-order valence-electron chi connectivity index (χ4n) is 3.81. The molecule has 2 aromatic carbocycles. The van der Waals surface area contributed by atoms with E-state index in [1.807, 2.05) is 36.4 Å². The van der Waals surface area contributed by atoms with Crippen molar-refractivity contribution in [2.75, 3.05) is 25.1 Å². The van der Waals surface area contributed by atoms with Crippen LogP contribution in [0.1, 0.15) is 37.6 Å². The third-order valence-electron chi connectivity index (χ3n) is 5.96. The van der Waals surface area contributed by atoms with E-state index in [9.17, 15) is 4.79 Å². The second kappa shape index (κ2) is 10.3. The zero-order chi connectivity index (χ0) is 22.3. The van der Waals surface area contributed by atoms with Crippen molar-refractivity contribution in [3.8, 4) is 17.1 Å². The average Bonchev–Trinajstić information content (AvgIpc) is 3.31. The highest BCUT2D eigenvalue weighted by Crippen LogP contribution is 2.25. The Labute approximate surface area is 188 Å². The van der Waals surface area contributed by atoms with Gasteiger partial charge in [-0.2, -0.15) is 4.98 Å². The minimum Gasteiger partial charge on any atom is -0.497 e. The van der Waals surface area contributed by atoms with Crippen molar-refractivity contribution in [1.82, 2.24) is 15.5 Å². The van der Waals surface area contributed by atoms with Crippen molar-refractivity contribution in [3.05, 3.63) is 60.0 Å². The van der Waals surface area contributed by atoms with Crippen molar-refractivity contribution >= 4 is 11.6 Å². The minimum absolute atomic E-state index is 0.0548. The van der Waals surface area contributed by atoms with Crippen LogP contribution in [0.5, 0.6) is 5.75 Å². The molecule has 3 aromatic rings. The molecular weight excluding hydrogens is 404 g/mol. The summed E-state index contributed by atoms with van der Waals surface area (Å²) in [7, 11) is 1.63. The number of piperidine rings is 1. The maximum atomic E-state index is 12.2. The molecule has 0 spiro atoms. The van der Waals surface area contributed by atoms with Gasteiger partial charge in [-0.05, 0) is 60.7 Å². The number of carbonyl (C=O) groups is 1. The number of methoxy groups -OCH3 is 1. The molecule has 4 rings (SSSR count). The van der Waals surface area contributed by atoms with Crippen LogP contribution in [0.25, 0.3) is 11.4 Å². The van der Waals surface area contributed by atoms with Gasteiger partial charge in [0.25, 0.3) is 0 Å². The number of rotatable bonds is 8. The van der Waals surface area contributed by atoms with E-state index in [1.165, 1.54) is 18.5 Å². The van der Waals surface area contributed by atoms with Crippen molar-refractivity contribution in [1.29, 1.82) is 0 Å². The summed E-state index contributed by atoms with van der Waals surface area (Å²) in [6.07, 6.45) is 3.18. The van der Waals surface area contributed by atoms with Crippen LogP contribution < -0.4 is 15.0 Å². The lowest BCUT2D eigenvalue weighted by Gasteiger charge is -2.32. The first-order chi connectivity index (χ1) is 15.6. The SMILES string of the molecule is COc1ccc(CNC(=O)CCc2nc(-c3ccc(N4CCC(C)CC4)cc3)no2)cc1. The molecule has 7 heteroatoms. The monoisotopic (exact) mass is 434 g/mol. The molecule has 0 unspecified atom stereocenters. The minimum atomic E-state index is -0.0548. The van der Waals surface area contributed by atoms with E-state index in [2.05, 4.69) is 39.4 Å². The summed E-state index contributed by atoms with van der Waals surface area (Å²) in [6.45, 7) is 5.00. The van der Waals surface area contributed by atoms with Crippen LogP contribution in [0.4, 0.5) is 5.69 Å². The smallest absolute Gasteiger partial charge is 0.227 e. The Kier molecular flexibility index (Phi) is 7.04. The van der Waals surface area contributed by atoms with E-state index >= 15 is 0 Å². The van der Waals surface area contributed by atoms with Gasteiger partial charge in [-0.15, -0.1) is 0 Å². The van der Waals surface area contributed by atoms with Gasteiger partial charge in [0.1, 0.15) is 5.75 Å². The van der Waals surface area contributed by atoms with Gasteiger partial charge >= 0.3 is 0 Å². The number of amides is 1. The first kappa shape index (κ1) is 21.9. The lowest BCUT2D eigenvalue weighted by molar-refractivity contribution is -0.121. The predicted molar refractivity (Wildman–Crippen MR) is 124 cm³/mol. The van der Waals surface area contributed by atoms with Gasteiger partial charge in [-0.3, -0.25) is 4.79 Å². The molecule has 0 aliphatic carbocycles. The number of nitrogens with zero attached hydrogens (tertiary/aromatic N) is 3. The van der Waals surface area contributed by atoms with Crippen molar-refractivity contribution < 1.29 is 14.1 Å². The lowest BCUT2D eigenvalue weighted by atomic mass is 9.98. The average molecular weight is 435 g/mol. The number of hydrogen-bond acceptors (Lipinski definition) is 6. The maximum absolute atomic E-state index is 12.2. The van der Waals surface area contributed by atoms with Crippen LogP contribution >= 0.6 is 0 Å². The number of carbonyl (C=O) groups excluding carboxylic acids is 1. The highest BCUT2D eigenvalue weighted by atomic mass is 16.5. The fourth-order valence-corrected chi connectivity index (χ4v) is 3.81. The molecule has 7 nitrogen and oxygen atoms in total. The second-order valence-corrected chi connectivity index (χ2v) is 8.35. The van der Waals surface area contributed by atoms with Gasteiger partial charge in [-0.1, -0.05) is 24.2 Å². The number of nitrogens with one attached hydrogen (secondary N) is 1. The Morgan fingerprint density at radius 3 is 2.53 bits per heavy atom. The van der Waals surface area contributed by atoms with Gasteiger partial charge in [0, 0.05) is 43.7 Å². The molecule has 1 aliphatic rings. The van der Waals surface area contributed by atoms with Crippen LogP contribution in [0.2, 0.25) is 0 Å². The molecule has 1 N–H and O–H groups in total. The topological polar surface area (TPSA) is 80.5 Å². The number of ether oxygens (including phenoxy) is 1. The molecule has 0 bridgehead atoms. The third kappa shape index (κ3) is 5.66. The van der Waals surface area contributed by atoms with Crippen LogP contribution in [0, 0.1) is 5.92 Å². The Morgan fingerprint density at radius 2 is 1.84 bits per heavy atom. The van der Waals surface area contributed by atoms with Crippen molar-refractivity contribution in [3.63, 3.8) is 0 Å². The summed E-state index contributed by atoms with van der Waals surface area (Å²) < 4.78 is 10.5. The van der Waals surface area contributed by atoms with E-state index in [0.717, 1.165) is 35.9 Å².